The first-order valence-corrected chi connectivity index (χ1v) is 16.8. The summed E-state index contributed by atoms with van der Waals surface area (Å²) in [6, 6.07) is 7.56. The molecule has 0 atom stereocenters. The lowest BCUT2D eigenvalue weighted by Crippen LogP contribution is -2.44. The molecule has 0 unspecified atom stereocenters. The third-order valence-corrected chi connectivity index (χ3v) is 9.41. The summed E-state index contributed by atoms with van der Waals surface area (Å²) in [4.78, 5) is 22.7. The summed E-state index contributed by atoms with van der Waals surface area (Å²) in [5.41, 5.74) is 5.04. The van der Waals surface area contributed by atoms with Crippen molar-refractivity contribution in [3.05, 3.63) is 53.4 Å². The minimum absolute atomic E-state index is 0.148. The first-order chi connectivity index (χ1) is 21.2. The Morgan fingerprint density at radius 1 is 1.05 bits per heavy atom. The van der Waals surface area contributed by atoms with Crippen molar-refractivity contribution in [3.8, 4) is 5.75 Å². The van der Waals surface area contributed by atoms with Gasteiger partial charge < -0.3 is 25.2 Å². The van der Waals surface area contributed by atoms with Crippen LogP contribution in [0.25, 0.3) is 11.0 Å². The number of piperazine rings is 1. The molecule has 14 heteroatoms. The highest BCUT2D eigenvalue weighted by molar-refractivity contribution is 7.92. The molecule has 2 aromatic carbocycles. The maximum absolute atomic E-state index is 13.0. The van der Waals surface area contributed by atoms with Gasteiger partial charge in [-0.2, -0.15) is 4.98 Å². The molecule has 3 heterocycles. The Hall–Kier alpha value is -3.94. The number of hydrogen-bond acceptors (Lipinski definition) is 11. The number of nitrogens with zero attached hydrogens (tertiary/aromatic N) is 7. The van der Waals surface area contributed by atoms with Gasteiger partial charge in [0.05, 0.1) is 36.5 Å². The number of methoxy groups -OCH3 is 1. The molecular formula is C30H36ClN9O3S. The van der Waals surface area contributed by atoms with Gasteiger partial charge in [0.25, 0.3) is 0 Å². The minimum Gasteiger partial charge on any atom is -0.494 e. The zero-order chi connectivity index (χ0) is 31.0. The molecule has 1 saturated heterocycles. The topological polar surface area (TPSA) is 129 Å². The SMILES string of the molecule is CCc1cc(Nc2ncc(Cl)c(Nc3ccc4nccnc4c3N(C3CC3)S(C)(=O)=O)n2)c(OC)cc1N1CCN(C)CC1. The van der Waals surface area contributed by atoms with Crippen molar-refractivity contribution >= 4 is 67.2 Å². The van der Waals surface area contributed by atoms with Crippen LogP contribution in [-0.2, 0) is 16.4 Å². The van der Waals surface area contributed by atoms with E-state index < -0.39 is 10.0 Å². The molecule has 6 rings (SSSR count). The predicted octanol–water partition coefficient (Wildman–Crippen LogP) is 4.81. The van der Waals surface area contributed by atoms with Crippen molar-refractivity contribution < 1.29 is 13.2 Å². The Labute approximate surface area is 262 Å². The zero-order valence-electron chi connectivity index (χ0n) is 25.2. The van der Waals surface area contributed by atoms with Crippen LogP contribution in [0.4, 0.5) is 34.5 Å². The van der Waals surface area contributed by atoms with Crippen LogP contribution in [0.5, 0.6) is 5.75 Å². The third-order valence-electron chi connectivity index (χ3n) is 7.94. The summed E-state index contributed by atoms with van der Waals surface area (Å²) >= 11 is 6.58. The molecule has 232 valence electrons. The summed E-state index contributed by atoms with van der Waals surface area (Å²) < 4.78 is 33.2. The number of halogens is 1. The van der Waals surface area contributed by atoms with E-state index >= 15 is 0 Å². The van der Waals surface area contributed by atoms with E-state index in [1.54, 1.807) is 31.6 Å². The standard InChI is InChI=1S/C30H36ClN9O3S/c1-5-19-16-24(26(43-3)17-25(19)39-14-12-38(2)13-15-39)36-30-34-18-21(31)29(37-30)35-23-9-8-22-27(33-11-10-32-22)28(23)40(20-6-7-20)44(4,41)42/h8-11,16-18,20H,5-7,12-15H2,1-4H3,(H2,34,35,36,37). The van der Waals surface area contributed by atoms with Gasteiger partial charge in [-0.15, -0.1) is 0 Å². The molecule has 2 aromatic heterocycles. The van der Waals surface area contributed by atoms with Gasteiger partial charge >= 0.3 is 0 Å². The van der Waals surface area contributed by atoms with E-state index in [0.29, 0.717) is 39.9 Å². The summed E-state index contributed by atoms with van der Waals surface area (Å²) in [6.45, 7) is 6.06. The highest BCUT2D eigenvalue weighted by atomic mass is 35.5. The van der Waals surface area contributed by atoms with E-state index in [1.807, 2.05) is 0 Å². The van der Waals surface area contributed by atoms with Crippen LogP contribution < -0.4 is 24.6 Å². The molecule has 2 aliphatic rings. The van der Waals surface area contributed by atoms with E-state index in [1.165, 1.54) is 28.0 Å². The lowest BCUT2D eigenvalue weighted by Gasteiger charge is -2.35. The van der Waals surface area contributed by atoms with Gasteiger partial charge in [0.2, 0.25) is 16.0 Å². The number of aromatic nitrogens is 4. The van der Waals surface area contributed by atoms with E-state index in [9.17, 15) is 8.42 Å². The fourth-order valence-electron chi connectivity index (χ4n) is 5.54. The van der Waals surface area contributed by atoms with E-state index in [0.717, 1.165) is 51.1 Å². The summed E-state index contributed by atoms with van der Waals surface area (Å²) in [7, 11) is 0.168. The average molecular weight is 638 g/mol. The molecule has 4 aromatic rings. The largest absolute Gasteiger partial charge is 0.494 e. The van der Waals surface area contributed by atoms with Crippen LogP contribution in [0.3, 0.4) is 0 Å². The molecule has 2 N–H and O–H groups in total. The fraction of sp³-hybridized carbons (Fsp3) is 0.400. The van der Waals surface area contributed by atoms with E-state index in [-0.39, 0.29) is 11.1 Å². The van der Waals surface area contributed by atoms with Crippen molar-refractivity contribution in [2.24, 2.45) is 0 Å². The molecule has 44 heavy (non-hydrogen) atoms. The van der Waals surface area contributed by atoms with E-state index in [4.69, 9.17) is 16.3 Å². The molecular weight excluding hydrogens is 602 g/mol. The number of ether oxygens (including phenoxy) is 1. The molecule has 0 spiro atoms. The summed E-state index contributed by atoms with van der Waals surface area (Å²) in [6.07, 6.45) is 8.21. The smallest absolute Gasteiger partial charge is 0.232 e. The van der Waals surface area contributed by atoms with Crippen LogP contribution in [0.1, 0.15) is 25.3 Å². The number of aryl methyl sites for hydroxylation is 1. The third kappa shape index (κ3) is 6.17. The number of hydrogen-bond donors (Lipinski definition) is 2. The molecule has 1 saturated carbocycles. The van der Waals surface area contributed by atoms with Crippen LogP contribution in [0.15, 0.2) is 42.9 Å². The maximum Gasteiger partial charge on any atom is 0.232 e. The quantitative estimate of drug-likeness (QED) is 0.248. The monoisotopic (exact) mass is 637 g/mol. The molecule has 2 fully saturated rings. The highest BCUT2D eigenvalue weighted by Crippen LogP contribution is 2.43. The number of sulfonamides is 1. The Bertz CT molecular complexity index is 1790. The van der Waals surface area contributed by atoms with Gasteiger partial charge in [-0.1, -0.05) is 18.5 Å². The average Bonchev–Trinajstić information content (AvgIpc) is 3.84. The number of benzene rings is 2. The lowest BCUT2D eigenvalue weighted by atomic mass is 10.1. The van der Waals surface area contributed by atoms with Crippen molar-refractivity contribution in [1.29, 1.82) is 0 Å². The van der Waals surface area contributed by atoms with Gasteiger partial charge in [-0.25, -0.2) is 13.4 Å². The van der Waals surface area contributed by atoms with Crippen LogP contribution in [-0.4, -0.2) is 85.9 Å². The lowest BCUT2D eigenvalue weighted by molar-refractivity contribution is 0.312. The molecule has 0 amide bonds. The number of rotatable bonds is 10. The van der Waals surface area contributed by atoms with Crippen LogP contribution in [0.2, 0.25) is 5.02 Å². The van der Waals surface area contributed by atoms with Gasteiger partial charge in [0, 0.05) is 56.4 Å². The van der Waals surface area contributed by atoms with Crippen LogP contribution in [0, 0.1) is 0 Å². The molecule has 0 radical (unpaired) electrons. The van der Waals surface area contributed by atoms with E-state index in [2.05, 4.69) is 66.5 Å². The van der Waals surface area contributed by atoms with Crippen molar-refractivity contribution in [2.75, 3.05) is 66.4 Å². The Balaban J connectivity index is 1.35. The molecule has 12 nitrogen and oxygen atoms in total. The maximum atomic E-state index is 13.0. The molecule has 0 bridgehead atoms. The first-order valence-electron chi connectivity index (χ1n) is 14.6. The van der Waals surface area contributed by atoms with Gasteiger partial charge in [0.15, 0.2) is 5.82 Å². The highest BCUT2D eigenvalue weighted by Gasteiger charge is 2.38. The normalized spacial score (nSPS) is 15.8. The Morgan fingerprint density at radius 2 is 1.80 bits per heavy atom. The molecule has 1 aliphatic heterocycles. The Morgan fingerprint density at radius 3 is 2.48 bits per heavy atom. The summed E-state index contributed by atoms with van der Waals surface area (Å²) in [5.74, 6) is 1.28. The Kier molecular flexibility index (Phi) is 8.36. The van der Waals surface area contributed by atoms with Gasteiger partial charge in [-0.3, -0.25) is 14.3 Å². The summed E-state index contributed by atoms with van der Waals surface area (Å²) in [5, 5.41) is 6.84. The second-order valence-corrected chi connectivity index (χ2v) is 13.4. The second-order valence-electron chi connectivity index (χ2n) is 11.1. The van der Waals surface area contributed by atoms with Crippen molar-refractivity contribution in [1.82, 2.24) is 24.8 Å². The first kappa shape index (κ1) is 30.1. The van der Waals surface area contributed by atoms with Gasteiger partial charge in [-0.05, 0) is 50.1 Å². The number of likely N-dealkylation sites (N-methyl/N-ethyl adjacent to an activating group) is 1. The zero-order valence-corrected chi connectivity index (χ0v) is 26.8. The predicted molar refractivity (Wildman–Crippen MR) is 176 cm³/mol. The second kappa shape index (κ2) is 12.2. The fourth-order valence-corrected chi connectivity index (χ4v) is 6.95. The number of anilines is 6. The van der Waals surface area contributed by atoms with Crippen LogP contribution >= 0.6 is 11.6 Å². The van der Waals surface area contributed by atoms with Crippen molar-refractivity contribution in [3.63, 3.8) is 0 Å². The van der Waals surface area contributed by atoms with Crippen molar-refractivity contribution in [2.45, 2.75) is 32.2 Å². The minimum atomic E-state index is -3.62. The molecule has 1 aliphatic carbocycles. The van der Waals surface area contributed by atoms with Gasteiger partial charge in [0.1, 0.15) is 22.0 Å². The number of fused-ring (bicyclic) bond motifs is 1. The number of nitrogens with one attached hydrogen (secondary N) is 2.